The first-order valence-electron chi connectivity index (χ1n) is 8.39. The Kier molecular flexibility index (Phi) is 6.12. The Hall–Kier alpha value is -2.82. The summed E-state index contributed by atoms with van der Waals surface area (Å²) in [4.78, 5) is 0.914. The number of hydrogen-bond donors (Lipinski definition) is 3. The Balaban J connectivity index is 1.80. The van der Waals surface area contributed by atoms with Crippen LogP contribution in [0.25, 0.3) is 10.9 Å². The van der Waals surface area contributed by atoms with Crippen LogP contribution in [0.4, 0.5) is 15.8 Å². The van der Waals surface area contributed by atoms with Crippen molar-refractivity contribution in [2.75, 3.05) is 31.4 Å². The van der Waals surface area contributed by atoms with Gasteiger partial charge in [0.25, 0.3) is 0 Å². The average Bonchev–Trinajstić information content (AvgIpc) is 3.04. The zero-order valence-electron chi connectivity index (χ0n) is 15.0. The van der Waals surface area contributed by atoms with E-state index in [0.29, 0.717) is 18.0 Å². The average molecular weight is 384 g/mol. The van der Waals surface area contributed by atoms with Crippen molar-refractivity contribution >= 4 is 34.2 Å². The van der Waals surface area contributed by atoms with Gasteiger partial charge in [-0.3, -0.25) is 5.14 Å². The third kappa shape index (κ3) is 4.13. The number of halogens is 1. The van der Waals surface area contributed by atoms with E-state index >= 15 is 0 Å². The fourth-order valence-electron chi connectivity index (χ4n) is 2.90. The van der Waals surface area contributed by atoms with Gasteiger partial charge in [0.2, 0.25) is 0 Å². The number of nitrogens with one attached hydrogen (secondary N) is 1. The van der Waals surface area contributed by atoms with E-state index in [1.54, 1.807) is 7.11 Å². The normalized spacial score (nSPS) is 10.5. The van der Waals surface area contributed by atoms with Crippen molar-refractivity contribution in [1.82, 2.24) is 4.57 Å². The van der Waals surface area contributed by atoms with Gasteiger partial charge in [0.1, 0.15) is 12.4 Å². The minimum Gasteiger partial charge on any atom is -0.495 e. The van der Waals surface area contributed by atoms with Gasteiger partial charge in [0.05, 0.1) is 37.1 Å². The maximum absolute atomic E-state index is 13.0. The van der Waals surface area contributed by atoms with E-state index in [0.717, 1.165) is 39.1 Å². The largest absolute Gasteiger partial charge is 0.495 e. The third-order valence-electron chi connectivity index (χ3n) is 4.18. The zero-order valence-corrected chi connectivity index (χ0v) is 15.8. The Morgan fingerprint density at radius 3 is 2.85 bits per heavy atom. The second-order valence-electron chi connectivity index (χ2n) is 5.79. The molecule has 2 aromatic carbocycles. The van der Waals surface area contributed by atoms with E-state index in [1.807, 2.05) is 47.0 Å². The molecule has 0 amide bonds. The molecule has 0 aliphatic rings. The van der Waals surface area contributed by atoms with Crippen molar-refractivity contribution in [2.24, 2.45) is 5.14 Å². The first-order chi connectivity index (χ1) is 13.2. The predicted octanol–water partition coefficient (Wildman–Crippen LogP) is 3.63. The SMILES string of the molecule is COc1cc(SN)ccc1NCC#Cc1cc2c(N)cccc2n1CCF. The first-order valence-corrected chi connectivity index (χ1v) is 9.27. The lowest BCUT2D eigenvalue weighted by atomic mass is 10.2. The molecule has 0 bridgehead atoms. The molecule has 0 saturated heterocycles. The van der Waals surface area contributed by atoms with Crippen molar-refractivity contribution < 1.29 is 9.13 Å². The summed E-state index contributed by atoms with van der Waals surface area (Å²) < 4.78 is 20.2. The van der Waals surface area contributed by atoms with E-state index in [-0.39, 0.29) is 6.54 Å². The summed E-state index contributed by atoms with van der Waals surface area (Å²) >= 11 is 1.16. The van der Waals surface area contributed by atoms with Crippen LogP contribution in [0.15, 0.2) is 47.4 Å². The van der Waals surface area contributed by atoms with Gasteiger partial charge in [-0.25, -0.2) is 4.39 Å². The standard InChI is InChI=1S/C20H21FN4OS/c1-26-20-13-15(27-23)7-8-18(20)24-10-3-4-14-12-16-17(22)5-2-6-19(16)25(14)11-9-21/h2,5-8,12-13,24H,9-11,22-23H2,1H3. The highest BCUT2D eigenvalue weighted by atomic mass is 32.2. The van der Waals surface area contributed by atoms with Crippen LogP contribution in [-0.4, -0.2) is 24.9 Å². The molecule has 5 N–H and O–H groups in total. The molecule has 1 heterocycles. The maximum Gasteiger partial charge on any atom is 0.143 e. The Bertz CT molecular complexity index is 1010. The molecular formula is C20H21FN4OS. The van der Waals surface area contributed by atoms with Gasteiger partial charge in [0.15, 0.2) is 0 Å². The second-order valence-corrected chi connectivity index (χ2v) is 6.49. The number of aromatic nitrogens is 1. The number of nitrogens with zero attached hydrogens (tertiary/aromatic N) is 1. The van der Waals surface area contributed by atoms with Crippen LogP contribution < -0.4 is 20.9 Å². The molecule has 0 unspecified atom stereocenters. The predicted molar refractivity (Wildman–Crippen MR) is 111 cm³/mol. The molecule has 0 fully saturated rings. The van der Waals surface area contributed by atoms with Crippen molar-refractivity contribution in [3.05, 3.63) is 48.2 Å². The summed E-state index contributed by atoms with van der Waals surface area (Å²) in [7, 11) is 1.61. The highest BCUT2D eigenvalue weighted by molar-refractivity contribution is 7.97. The van der Waals surface area contributed by atoms with Crippen LogP contribution in [-0.2, 0) is 6.54 Å². The summed E-state index contributed by atoms with van der Waals surface area (Å²) in [6.07, 6.45) is 0. The Morgan fingerprint density at radius 1 is 1.26 bits per heavy atom. The van der Waals surface area contributed by atoms with Crippen molar-refractivity contribution in [1.29, 1.82) is 0 Å². The van der Waals surface area contributed by atoms with Gasteiger partial charge in [-0.15, -0.1) is 0 Å². The maximum atomic E-state index is 13.0. The van der Waals surface area contributed by atoms with Gasteiger partial charge in [-0.05, 0) is 54.3 Å². The van der Waals surface area contributed by atoms with Crippen LogP contribution in [0.3, 0.4) is 0 Å². The lowest BCUT2D eigenvalue weighted by Gasteiger charge is -2.10. The minimum atomic E-state index is -0.464. The fourth-order valence-corrected chi connectivity index (χ4v) is 3.22. The molecule has 140 valence electrons. The van der Waals surface area contributed by atoms with Crippen LogP contribution in [0, 0.1) is 11.8 Å². The van der Waals surface area contributed by atoms with E-state index in [1.165, 1.54) is 0 Å². The monoisotopic (exact) mass is 384 g/mol. The Morgan fingerprint density at radius 2 is 2.11 bits per heavy atom. The van der Waals surface area contributed by atoms with E-state index in [9.17, 15) is 4.39 Å². The number of anilines is 2. The Labute approximate surface area is 162 Å². The highest BCUT2D eigenvalue weighted by Gasteiger charge is 2.09. The van der Waals surface area contributed by atoms with Crippen LogP contribution in [0.2, 0.25) is 0 Å². The summed E-state index contributed by atoms with van der Waals surface area (Å²) in [5, 5.41) is 9.69. The highest BCUT2D eigenvalue weighted by Crippen LogP contribution is 2.28. The number of nitrogens with two attached hydrogens (primary N) is 2. The molecule has 3 aromatic rings. The number of fused-ring (bicyclic) bond motifs is 1. The van der Waals surface area contributed by atoms with Crippen molar-refractivity contribution in [3.8, 4) is 17.6 Å². The van der Waals surface area contributed by atoms with Crippen LogP contribution >= 0.6 is 11.9 Å². The van der Waals surface area contributed by atoms with Gasteiger partial charge in [0, 0.05) is 16.0 Å². The number of benzene rings is 2. The summed E-state index contributed by atoms with van der Waals surface area (Å²) in [6.45, 7) is 0.197. The number of aryl methyl sites for hydroxylation is 1. The number of alkyl halides is 1. The van der Waals surface area contributed by atoms with Gasteiger partial charge in [-0.1, -0.05) is 12.0 Å². The summed E-state index contributed by atoms with van der Waals surface area (Å²) in [5.74, 6) is 6.89. The molecule has 0 aliphatic heterocycles. The van der Waals surface area contributed by atoms with E-state index in [2.05, 4.69) is 17.2 Å². The lowest BCUT2D eigenvalue weighted by Crippen LogP contribution is -2.03. The molecule has 0 spiro atoms. The topological polar surface area (TPSA) is 78.2 Å². The lowest BCUT2D eigenvalue weighted by molar-refractivity contribution is 0.415. The number of nitrogen functional groups attached to an aromatic ring is 1. The molecule has 7 heteroatoms. The zero-order chi connectivity index (χ0) is 19.2. The van der Waals surface area contributed by atoms with E-state index in [4.69, 9.17) is 15.6 Å². The minimum absolute atomic E-state index is 0.246. The van der Waals surface area contributed by atoms with Crippen molar-refractivity contribution in [2.45, 2.75) is 11.4 Å². The second kappa shape index (κ2) is 8.71. The fraction of sp³-hybridized carbons (Fsp3) is 0.200. The first kappa shape index (κ1) is 19.0. The quantitative estimate of drug-likeness (QED) is 0.344. The summed E-state index contributed by atoms with van der Waals surface area (Å²) in [5.41, 5.74) is 9.15. The van der Waals surface area contributed by atoms with E-state index < -0.39 is 6.67 Å². The van der Waals surface area contributed by atoms with Gasteiger partial charge in [-0.2, -0.15) is 0 Å². The molecule has 27 heavy (non-hydrogen) atoms. The van der Waals surface area contributed by atoms with Crippen molar-refractivity contribution in [3.63, 3.8) is 0 Å². The molecule has 0 radical (unpaired) electrons. The van der Waals surface area contributed by atoms with Gasteiger partial charge >= 0.3 is 0 Å². The molecule has 3 rings (SSSR count). The molecular weight excluding hydrogens is 363 g/mol. The molecule has 0 atom stereocenters. The van der Waals surface area contributed by atoms with Crippen LogP contribution in [0.1, 0.15) is 5.69 Å². The smallest absolute Gasteiger partial charge is 0.143 e. The molecule has 5 nitrogen and oxygen atoms in total. The number of ether oxygens (including phenoxy) is 1. The summed E-state index contributed by atoms with van der Waals surface area (Å²) in [6, 6.07) is 13.2. The molecule has 0 aliphatic carbocycles. The third-order valence-corrected chi connectivity index (χ3v) is 4.71. The number of rotatable bonds is 6. The number of methoxy groups -OCH3 is 1. The van der Waals surface area contributed by atoms with Crippen LogP contribution in [0.5, 0.6) is 5.75 Å². The molecule has 0 saturated carbocycles. The molecule has 1 aromatic heterocycles. The number of hydrogen-bond acceptors (Lipinski definition) is 5. The van der Waals surface area contributed by atoms with Gasteiger partial charge < -0.3 is 20.4 Å².